The summed E-state index contributed by atoms with van der Waals surface area (Å²) in [4.78, 5) is 25.5. The number of ketones is 1. The van der Waals surface area contributed by atoms with E-state index in [0.29, 0.717) is 17.7 Å². The first-order valence-electron chi connectivity index (χ1n) is 9.06. The molecule has 2 aliphatic rings. The van der Waals surface area contributed by atoms with Gasteiger partial charge in [0.05, 0.1) is 17.5 Å². The van der Waals surface area contributed by atoms with Crippen LogP contribution in [-0.2, 0) is 4.74 Å². The van der Waals surface area contributed by atoms with Crippen LogP contribution in [0.25, 0.3) is 0 Å². The van der Waals surface area contributed by atoms with E-state index in [4.69, 9.17) is 9.47 Å². The predicted molar refractivity (Wildman–Crippen MR) is 97.8 cm³/mol. The summed E-state index contributed by atoms with van der Waals surface area (Å²) in [6.07, 6.45) is 0.374. The van der Waals surface area contributed by atoms with Crippen molar-refractivity contribution < 1.29 is 19.1 Å². The number of nitrogens with one attached hydrogen (secondary N) is 1. The van der Waals surface area contributed by atoms with Gasteiger partial charge in [-0.25, -0.2) is 9.80 Å². The van der Waals surface area contributed by atoms with Crippen molar-refractivity contribution in [1.82, 2.24) is 10.4 Å². The highest BCUT2D eigenvalue weighted by Crippen LogP contribution is 2.43. The molecule has 1 saturated heterocycles. The highest BCUT2D eigenvalue weighted by Gasteiger charge is 2.54. The second-order valence-electron chi connectivity index (χ2n) is 8.93. The van der Waals surface area contributed by atoms with Crippen molar-refractivity contribution in [3.8, 4) is 5.75 Å². The number of para-hydroxylation sites is 1. The Labute approximate surface area is 154 Å². The summed E-state index contributed by atoms with van der Waals surface area (Å²) in [7, 11) is 0. The van der Waals surface area contributed by atoms with Gasteiger partial charge in [0.15, 0.2) is 11.5 Å². The third kappa shape index (κ3) is 3.30. The molecular weight excluding hydrogens is 332 g/mol. The summed E-state index contributed by atoms with van der Waals surface area (Å²) in [6, 6.07) is 7.23. The van der Waals surface area contributed by atoms with Gasteiger partial charge in [0, 0.05) is 5.92 Å². The maximum absolute atomic E-state index is 12.8. The standard InChI is InChI=1S/C20H28N2O4/c1-13-11-19(5,6)22(17(24)26-18(2,3)4)21-20(13)12-15(23)14-9-7-8-10-16(14)25-20/h7-10,13,21H,11-12H2,1-6H3. The molecule has 1 fully saturated rings. The van der Waals surface area contributed by atoms with Gasteiger partial charge in [0.1, 0.15) is 11.4 Å². The number of fused-ring (bicyclic) bond motifs is 1. The Balaban J connectivity index is 1.94. The van der Waals surface area contributed by atoms with E-state index in [-0.39, 0.29) is 18.1 Å². The molecule has 6 heteroatoms. The predicted octanol–water partition coefficient (Wildman–Crippen LogP) is 3.91. The normalized spacial score (nSPS) is 27.7. The van der Waals surface area contributed by atoms with E-state index in [9.17, 15) is 9.59 Å². The van der Waals surface area contributed by atoms with Crippen LogP contribution in [0.1, 0.15) is 64.7 Å². The largest absolute Gasteiger partial charge is 0.470 e. The molecule has 26 heavy (non-hydrogen) atoms. The van der Waals surface area contributed by atoms with Crippen LogP contribution in [0.4, 0.5) is 4.79 Å². The van der Waals surface area contributed by atoms with Crippen molar-refractivity contribution in [2.45, 2.75) is 71.2 Å². The van der Waals surface area contributed by atoms with Crippen molar-refractivity contribution >= 4 is 11.9 Å². The Morgan fingerprint density at radius 2 is 1.96 bits per heavy atom. The summed E-state index contributed by atoms with van der Waals surface area (Å²) >= 11 is 0. The number of rotatable bonds is 0. The molecule has 0 saturated carbocycles. The lowest BCUT2D eigenvalue weighted by molar-refractivity contribution is -0.153. The molecule has 1 aromatic rings. The Morgan fingerprint density at radius 1 is 1.31 bits per heavy atom. The molecule has 0 radical (unpaired) electrons. The van der Waals surface area contributed by atoms with Crippen LogP contribution in [0.2, 0.25) is 0 Å². The number of Topliss-reactive ketones (excluding diaryl/α,β-unsaturated/α-hetero) is 1. The molecule has 142 valence electrons. The first-order valence-corrected chi connectivity index (χ1v) is 9.06. The van der Waals surface area contributed by atoms with Gasteiger partial charge in [-0.1, -0.05) is 19.1 Å². The first kappa shape index (κ1) is 18.7. The Bertz CT molecular complexity index is 738. The van der Waals surface area contributed by atoms with Crippen molar-refractivity contribution in [3.63, 3.8) is 0 Å². The summed E-state index contributed by atoms with van der Waals surface area (Å²) in [5.74, 6) is 0.579. The molecule has 1 N–H and O–H groups in total. The maximum atomic E-state index is 12.8. The highest BCUT2D eigenvalue weighted by atomic mass is 16.6. The van der Waals surface area contributed by atoms with Gasteiger partial charge >= 0.3 is 6.09 Å². The van der Waals surface area contributed by atoms with Crippen LogP contribution in [-0.4, -0.2) is 33.8 Å². The SMILES string of the molecule is CC1CC(C)(C)N(C(=O)OC(C)(C)C)NC12CC(=O)c1ccccc1O2. The fourth-order valence-electron chi connectivity index (χ4n) is 3.75. The molecule has 2 atom stereocenters. The van der Waals surface area contributed by atoms with Gasteiger partial charge in [-0.05, 0) is 53.2 Å². The number of ether oxygens (including phenoxy) is 2. The molecule has 1 spiro atoms. The zero-order chi connectivity index (χ0) is 19.3. The Kier molecular flexibility index (Phi) is 4.30. The van der Waals surface area contributed by atoms with Crippen LogP contribution in [0.3, 0.4) is 0 Å². The van der Waals surface area contributed by atoms with Gasteiger partial charge < -0.3 is 9.47 Å². The number of amides is 1. The maximum Gasteiger partial charge on any atom is 0.425 e. The van der Waals surface area contributed by atoms with Crippen molar-refractivity contribution in [2.24, 2.45) is 5.92 Å². The molecule has 0 bridgehead atoms. The van der Waals surface area contributed by atoms with E-state index in [0.717, 1.165) is 0 Å². The van der Waals surface area contributed by atoms with Crippen LogP contribution < -0.4 is 10.2 Å². The second kappa shape index (κ2) is 5.98. The average molecular weight is 360 g/mol. The van der Waals surface area contributed by atoms with Crippen molar-refractivity contribution in [1.29, 1.82) is 0 Å². The number of nitrogens with zero attached hydrogens (tertiary/aromatic N) is 1. The summed E-state index contributed by atoms with van der Waals surface area (Å²) < 4.78 is 11.8. The van der Waals surface area contributed by atoms with Gasteiger partial charge in [-0.15, -0.1) is 0 Å². The molecule has 2 heterocycles. The fourth-order valence-corrected chi connectivity index (χ4v) is 3.75. The van der Waals surface area contributed by atoms with E-state index in [1.807, 2.05) is 53.7 Å². The Hall–Kier alpha value is -2.08. The van der Waals surface area contributed by atoms with E-state index in [2.05, 4.69) is 5.43 Å². The van der Waals surface area contributed by atoms with Gasteiger partial charge in [0.25, 0.3) is 0 Å². The van der Waals surface area contributed by atoms with Crippen LogP contribution >= 0.6 is 0 Å². The molecule has 1 aromatic carbocycles. The third-order valence-corrected chi connectivity index (χ3v) is 4.99. The van der Waals surface area contributed by atoms with Gasteiger partial charge in [-0.3, -0.25) is 4.79 Å². The van der Waals surface area contributed by atoms with Crippen LogP contribution in [0.5, 0.6) is 5.75 Å². The summed E-state index contributed by atoms with van der Waals surface area (Å²) in [5.41, 5.74) is 1.76. The van der Waals surface area contributed by atoms with Crippen LogP contribution in [0.15, 0.2) is 24.3 Å². The highest BCUT2D eigenvalue weighted by molar-refractivity contribution is 6.00. The first-order chi connectivity index (χ1) is 11.9. The van der Waals surface area contributed by atoms with Crippen LogP contribution in [0, 0.1) is 5.92 Å². The lowest BCUT2D eigenvalue weighted by atomic mass is 9.78. The third-order valence-electron chi connectivity index (χ3n) is 4.99. The van der Waals surface area contributed by atoms with E-state index < -0.39 is 23.0 Å². The van der Waals surface area contributed by atoms with Crippen molar-refractivity contribution in [3.05, 3.63) is 29.8 Å². The minimum Gasteiger partial charge on any atom is -0.470 e. The second-order valence-corrected chi connectivity index (χ2v) is 8.93. The molecule has 0 aromatic heterocycles. The number of carbonyl (C=O) groups excluding carboxylic acids is 2. The Morgan fingerprint density at radius 3 is 2.62 bits per heavy atom. The quantitative estimate of drug-likeness (QED) is 0.760. The average Bonchev–Trinajstić information content (AvgIpc) is 2.49. The van der Waals surface area contributed by atoms with E-state index >= 15 is 0 Å². The van der Waals surface area contributed by atoms with Gasteiger partial charge in [-0.2, -0.15) is 5.43 Å². The van der Waals surface area contributed by atoms with E-state index in [1.165, 1.54) is 5.01 Å². The molecule has 2 unspecified atom stereocenters. The van der Waals surface area contributed by atoms with Crippen molar-refractivity contribution in [2.75, 3.05) is 0 Å². The fraction of sp³-hybridized carbons (Fsp3) is 0.600. The minimum atomic E-state index is -0.960. The lowest BCUT2D eigenvalue weighted by Crippen LogP contribution is -2.73. The number of hydrazine groups is 1. The minimum absolute atomic E-state index is 0.00930. The molecule has 6 nitrogen and oxygen atoms in total. The molecular formula is C20H28N2O4. The van der Waals surface area contributed by atoms with E-state index in [1.54, 1.807) is 12.1 Å². The number of carbonyl (C=O) groups is 2. The zero-order valence-corrected chi connectivity index (χ0v) is 16.4. The molecule has 1 amide bonds. The number of benzene rings is 1. The topological polar surface area (TPSA) is 67.9 Å². The molecule has 3 rings (SSSR count). The lowest BCUT2D eigenvalue weighted by Gasteiger charge is -2.55. The molecule has 2 aliphatic heterocycles. The monoisotopic (exact) mass is 360 g/mol. The smallest absolute Gasteiger partial charge is 0.425 e. The number of hydrogen-bond donors (Lipinski definition) is 1. The summed E-state index contributed by atoms with van der Waals surface area (Å²) in [6.45, 7) is 11.5. The zero-order valence-electron chi connectivity index (χ0n) is 16.4. The molecule has 0 aliphatic carbocycles. The summed E-state index contributed by atoms with van der Waals surface area (Å²) in [5, 5.41) is 1.49. The number of hydrogen-bond acceptors (Lipinski definition) is 5. The van der Waals surface area contributed by atoms with Gasteiger partial charge in [0.2, 0.25) is 0 Å².